The summed E-state index contributed by atoms with van der Waals surface area (Å²) in [7, 11) is -0.498. The lowest BCUT2D eigenvalue weighted by molar-refractivity contribution is 0.0764. The molecule has 0 saturated carbocycles. The standard InChI is InChI=1S/C13H19N3O4S/c1-15(2)21(19,20)9-11-7-16(8-12(11)17)13(18)10-4-3-5-14-6-10/h3-6,11-12,17H,7-9H2,1-2H3/t11-,12+/m0/s1. The van der Waals surface area contributed by atoms with Gasteiger partial charge in [-0.1, -0.05) is 0 Å². The molecule has 1 aliphatic rings. The number of aliphatic hydroxyl groups excluding tert-OH is 1. The third-order valence-electron chi connectivity index (χ3n) is 3.58. The number of sulfonamides is 1. The molecule has 0 unspecified atom stereocenters. The van der Waals surface area contributed by atoms with Crippen LogP contribution in [0.5, 0.6) is 0 Å². The molecular weight excluding hydrogens is 294 g/mol. The van der Waals surface area contributed by atoms with Crippen molar-refractivity contribution < 1.29 is 18.3 Å². The van der Waals surface area contributed by atoms with Crippen LogP contribution in [0.1, 0.15) is 10.4 Å². The summed E-state index contributed by atoms with van der Waals surface area (Å²) in [5.41, 5.74) is 0.431. The maximum Gasteiger partial charge on any atom is 0.255 e. The van der Waals surface area contributed by atoms with Crippen molar-refractivity contribution in [3.8, 4) is 0 Å². The van der Waals surface area contributed by atoms with Crippen LogP contribution in [0.3, 0.4) is 0 Å². The van der Waals surface area contributed by atoms with Gasteiger partial charge in [-0.3, -0.25) is 9.78 Å². The molecule has 2 atom stereocenters. The van der Waals surface area contributed by atoms with Crippen LogP contribution < -0.4 is 0 Å². The van der Waals surface area contributed by atoms with Crippen LogP contribution >= 0.6 is 0 Å². The van der Waals surface area contributed by atoms with E-state index in [2.05, 4.69) is 4.98 Å². The van der Waals surface area contributed by atoms with Crippen LogP contribution in [-0.4, -0.2) is 72.7 Å². The average molecular weight is 313 g/mol. The quantitative estimate of drug-likeness (QED) is 0.802. The fourth-order valence-corrected chi connectivity index (χ4v) is 3.44. The second kappa shape index (κ2) is 6.08. The number of hydrogen-bond donors (Lipinski definition) is 1. The lowest BCUT2D eigenvalue weighted by Crippen LogP contribution is -2.33. The van der Waals surface area contributed by atoms with Gasteiger partial charge in [0.1, 0.15) is 0 Å². The number of pyridine rings is 1. The fourth-order valence-electron chi connectivity index (χ4n) is 2.28. The number of carbonyl (C=O) groups is 1. The number of carbonyl (C=O) groups excluding carboxylic acids is 1. The molecule has 1 aromatic heterocycles. The largest absolute Gasteiger partial charge is 0.391 e. The van der Waals surface area contributed by atoms with Crippen molar-refractivity contribution >= 4 is 15.9 Å². The van der Waals surface area contributed by atoms with E-state index in [-0.39, 0.29) is 24.7 Å². The number of nitrogens with zero attached hydrogens (tertiary/aromatic N) is 3. The zero-order valence-corrected chi connectivity index (χ0v) is 12.8. The molecule has 116 valence electrons. The minimum Gasteiger partial charge on any atom is -0.391 e. The Hall–Kier alpha value is -1.51. The minimum atomic E-state index is -3.41. The summed E-state index contributed by atoms with van der Waals surface area (Å²) in [5, 5.41) is 10.0. The van der Waals surface area contributed by atoms with E-state index in [9.17, 15) is 18.3 Å². The number of hydrogen-bond acceptors (Lipinski definition) is 5. The number of aromatic nitrogens is 1. The molecule has 0 radical (unpaired) electrons. The topological polar surface area (TPSA) is 90.8 Å². The molecule has 1 saturated heterocycles. The monoisotopic (exact) mass is 313 g/mol. The van der Waals surface area contributed by atoms with Gasteiger partial charge in [0.2, 0.25) is 10.0 Å². The highest BCUT2D eigenvalue weighted by Crippen LogP contribution is 2.21. The summed E-state index contributed by atoms with van der Waals surface area (Å²) >= 11 is 0. The summed E-state index contributed by atoms with van der Waals surface area (Å²) in [4.78, 5) is 17.6. The Labute approximate surface area is 124 Å². The molecule has 8 heteroatoms. The summed E-state index contributed by atoms with van der Waals surface area (Å²) < 4.78 is 24.9. The summed E-state index contributed by atoms with van der Waals surface area (Å²) in [6, 6.07) is 3.30. The molecule has 2 rings (SSSR count). The number of aliphatic hydroxyl groups is 1. The maximum absolute atomic E-state index is 12.3. The van der Waals surface area contributed by atoms with Gasteiger partial charge >= 0.3 is 0 Å². The minimum absolute atomic E-state index is 0.140. The van der Waals surface area contributed by atoms with E-state index in [4.69, 9.17) is 0 Å². The average Bonchev–Trinajstić information content (AvgIpc) is 2.79. The van der Waals surface area contributed by atoms with Crippen LogP contribution in [0.4, 0.5) is 0 Å². The lowest BCUT2D eigenvalue weighted by atomic mass is 10.1. The molecule has 0 spiro atoms. The van der Waals surface area contributed by atoms with Crippen molar-refractivity contribution in [3.63, 3.8) is 0 Å². The molecule has 1 fully saturated rings. The van der Waals surface area contributed by atoms with Crippen molar-refractivity contribution in [2.45, 2.75) is 6.10 Å². The Balaban J connectivity index is 2.06. The number of amides is 1. The summed E-state index contributed by atoms with van der Waals surface area (Å²) in [5.74, 6) is -0.886. The predicted octanol–water partition coefficient (Wildman–Crippen LogP) is -0.594. The van der Waals surface area contributed by atoms with Crippen molar-refractivity contribution in [2.24, 2.45) is 5.92 Å². The molecule has 1 amide bonds. The highest BCUT2D eigenvalue weighted by molar-refractivity contribution is 7.89. The Bertz CT molecular complexity index is 603. The third-order valence-corrected chi connectivity index (χ3v) is 5.55. The second-order valence-corrected chi connectivity index (χ2v) is 7.57. The smallest absolute Gasteiger partial charge is 0.255 e. The van der Waals surface area contributed by atoms with E-state index in [1.54, 1.807) is 18.3 Å². The highest BCUT2D eigenvalue weighted by atomic mass is 32.2. The molecule has 0 bridgehead atoms. The van der Waals surface area contributed by atoms with Gasteiger partial charge in [-0.15, -0.1) is 0 Å². The van der Waals surface area contributed by atoms with Gasteiger partial charge in [-0.25, -0.2) is 12.7 Å². The van der Waals surface area contributed by atoms with Gasteiger partial charge in [-0.2, -0.15) is 0 Å². The first-order valence-corrected chi connectivity index (χ1v) is 8.20. The first-order chi connectivity index (χ1) is 9.81. The molecule has 0 aliphatic carbocycles. The van der Waals surface area contributed by atoms with E-state index in [1.807, 2.05) is 0 Å². The van der Waals surface area contributed by atoms with Gasteiger partial charge < -0.3 is 10.0 Å². The van der Waals surface area contributed by atoms with Gasteiger partial charge in [0.15, 0.2) is 0 Å². The number of likely N-dealkylation sites (tertiary alicyclic amines) is 1. The molecule has 7 nitrogen and oxygen atoms in total. The van der Waals surface area contributed by atoms with E-state index in [1.165, 1.54) is 25.2 Å². The van der Waals surface area contributed by atoms with Crippen molar-refractivity contribution in [2.75, 3.05) is 32.9 Å². The van der Waals surface area contributed by atoms with Gasteiger partial charge in [-0.05, 0) is 12.1 Å². The first-order valence-electron chi connectivity index (χ1n) is 6.59. The molecule has 1 N–H and O–H groups in total. The van der Waals surface area contributed by atoms with E-state index in [0.29, 0.717) is 5.56 Å². The van der Waals surface area contributed by atoms with Gasteiger partial charge in [0, 0.05) is 45.5 Å². The second-order valence-electron chi connectivity index (χ2n) is 5.34. The molecule has 21 heavy (non-hydrogen) atoms. The third kappa shape index (κ3) is 3.58. The summed E-state index contributed by atoms with van der Waals surface area (Å²) in [6.45, 7) is 0.364. The van der Waals surface area contributed by atoms with E-state index < -0.39 is 22.0 Å². The van der Waals surface area contributed by atoms with Crippen LogP contribution in [0, 0.1) is 5.92 Å². The maximum atomic E-state index is 12.3. The Kier molecular flexibility index (Phi) is 4.60. The van der Waals surface area contributed by atoms with E-state index >= 15 is 0 Å². The van der Waals surface area contributed by atoms with Gasteiger partial charge in [0.25, 0.3) is 5.91 Å². The number of β-amino-alcohol motifs (C(OH)–C–C–N with tert-alkyl or cyclic N) is 1. The molecule has 1 aromatic rings. The Morgan fingerprint density at radius 2 is 2.19 bits per heavy atom. The first kappa shape index (κ1) is 15.9. The Morgan fingerprint density at radius 3 is 2.76 bits per heavy atom. The fraction of sp³-hybridized carbons (Fsp3) is 0.538. The zero-order chi connectivity index (χ0) is 15.6. The van der Waals surface area contributed by atoms with Crippen LogP contribution in [0.2, 0.25) is 0 Å². The molecule has 1 aliphatic heterocycles. The normalized spacial score (nSPS) is 22.8. The number of rotatable bonds is 4. The van der Waals surface area contributed by atoms with Crippen molar-refractivity contribution in [3.05, 3.63) is 30.1 Å². The van der Waals surface area contributed by atoms with Crippen molar-refractivity contribution in [1.29, 1.82) is 0 Å². The summed E-state index contributed by atoms with van der Waals surface area (Å²) in [6.07, 6.45) is 2.20. The SMILES string of the molecule is CN(C)S(=O)(=O)C[C@@H]1CN(C(=O)c2cccnc2)C[C@H]1O. The van der Waals surface area contributed by atoms with E-state index in [0.717, 1.165) is 4.31 Å². The zero-order valence-electron chi connectivity index (χ0n) is 12.0. The van der Waals surface area contributed by atoms with Crippen LogP contribution in [-0.2, 0) is 10.0 Å². The molecule has 2 heterocycles. The van der Waals surface area contributed by atoms with Gasteiger partial charge in [0.05, 0.1) is 17.4 Å². The van der Waals surface area contributed by atoms with Crippen LogP contribution in [0.25, 0.3) is 0 Å². The molecule has 0 aromatic carbocycles. The lowest BCUT2D eigenvalue weighted by Gasteiger charge is -2.18. The Morgan fingerprint density at radius 1 is 1.48 bits per heavy atom. The van der Waals surface area contributed by atoms with Crippen LogP contribution in [0.15, 0.2) is 24.5 Å². The molecular formula is C13H19N3O4S. The highest BCUT2D eigenvalue weighted by Gasteiger charge is 2.37. The predicted molar refractivity (Wildman–Crippen MR) is 77.1 cm³/mol. The van der Waals surface area contributed by atoms with Crippen molar-refractivity contribution in [1.82, 2.24) is 14.2 Å².